The van der Waals surface area contributed by atoms with Crippen LogP contribution >= 0.6 is 0 Å². The van der Waals surface area contributed by atoms with Crippen molar-refractivity contribution in [1.29, 1.82) is 0 Å². The highest BCUT2D eigenvalue weighted by Crippen LogP contribution is 2.25. The molecular weight excluding hydrogens is 302 g/mol. The third-order valence-electron chi connectivity index (χ3n) is 4.26. The van der Waals surface area contributed by atoms with Crippen molar-refractivity contribution in [3.63, 3.8) is 0 Å². The predicted molar refractivity (Wildman–Crippen MR) is 95.8 cm³/mol. The zero-order valence-electron chi connectivity index (χ0n) is 14.0. The average molecular weight is 325 g/mol. The van der Waals surface area contributed by atoms with Gasteiger partial charge in [0.1, 0.15) is 0 Å². The first-order chi connectivity index (χ1) is 11.6. The molecule has 1 fully saturated rings. The number of hydrogen-bond acceptors (Lipinski definition) is 4. The van der Waals surface area contributed by atoms with E-state index < -0.39 is 0 Å². The molecule has 24 heavy (non-hydrogen) atoms. The quantitative estimate of drug-likeness (QED) is 0.517. The first kappa shape index (κ1) is 16.5. The summed E-state index contributed by atoms with van der Waals surface area (Å²) < 4.78 is 5.79. The maximum Gasteiger partial charge on any atom is 0.265 e. The number of hydrazine groups is 1. The van der Waals surface area contributed by atoms with Crippen LogP contribution in [0.5, 0.6) is 0 Å². The van der Waals surface area contributed by atoms with E-state index in [0.717, 1.165) is 24.2 Å². The van der Waals surface area contributed by atoms with Gasteiger partial charge in [0.2, 0.25) is 0 Å². The highest BCUT2D eigenvalue weighted by Gasteiger charge is 2.22. The Kier molecular flexibility index (Phi) is 4.83. The highest BCUT2D eigenvalue weighted by molar-refractivity contribution is 5.94. The number of nitrogens with two attached hydrogens (primary N) is 1. The molecule has 1 aliphatic rings. The van der Waals surface area contributed by atoms with E-state index in [1.807, 2.05) is 12.1 Å². The van der Waals surface area contributed by atoms with Crippen molar-refractivity contribution in [3.8, 4) is 11.1 Å². The first-order valence-corrected chi connectivity index (χ1v) is 8.18. The summed E-state index contributed by atoms with van der Waals surface area (Å²) in [6.07, 6.45) is 0.490. The number of nitrogens with zero attached hydrogens (tertiary/aromatic N) is 1. The Morgan fingerprint density at radius 1 is 1.00 bits per heavy atom. The molecule has 1 saturated heterocycles. The van der Waals surface area contributed by atoms with Gasteiger partial charge < -0.3 is 9.64 Å². The van der Waals surface area contributed by atoms with Crippen molar-refractivity contribution in [1.82, 2.24) is 5.43 Å². The van der Waals surface area contributed by atoms with Gasteiger partial charge in [0.25, 0.3) is 5.91 Å². The molecule has 0 aromatic heterocycles. The zero-order valence-corrected chi connectivity index (χ0v) is 14.0. The summed E-state index contributed by atoms with van der Waals surface area (Å²) >= 11 is 0. The lowest BCUT2D eigenvalue weighted by Gasteiger charge is -2.36. The van der Waals surface area contributed by atoms with E-state index in [4.69, 9.17) is 10.6 Å². The second-order valence-corrected chi connectivity index (χ2v) is 6.26. The van der Waals surface area contributed by atoms with Gasteiger partial charge in [-0.05, 0) is 49.2 Å². The van der Waals surface area contributed by atoms with E-state index in [9.17, 15) is 4.79 Å². The van der Waals surface area contributed by atoms with Crippen LogP contribution in [0.15, 0.2) is 48.5 Å². The molecule has 0 aliphatic carbocycles. The number of nitrogens with one attached hydrogen (secondary N) is 1. The summed E-state index contributed by atoms with van der Waals surface area (Å²) in [6, 6.07) is 15.9. The Morgan fingerprint density at radius 3 is 2.00 bits per heavy atom. The Labute approximate surface area is 142 Å². The molecule has 2 unspecified atom stereocenters. The Hall–Kier alpha value is -2.37. The fraction of sp³-hybridized carbons (Fsp3) is 0.316. The Morgan fingerprint density at radius 2 is 1.50 bits per heavy atom. The molecule has 5 heteroatoms. The van der Waals surface area contributed by atoms with E-state index in [0.29, 0.717) is 5.56 Å². The van der Waals surface area contributed by atoms with Crippen LogP contribution in [-0.2, 0) is 4.74 Å². The van der Waals surface area contributed by atoms with E-state index >= 15 is 0 Å². The molecule has 3 N–H and O–H groups in total. The van der Waals surface area contributed by atoms with Gasteiger partial charge in [0, 0.05) is 24.3 Å². The summed E-state index contributed by atoms with van der Waals surface area (Å²) in [6.45, 7) is 6.03. The molecule has 1 amide bonds. The Bertz CT molecular complexity index is 688. The van der Waals surface area contributed by atoms with Gasteiger partial charge >= 0.3 is 0 Å². The van der Waals surface area contributed by atoms with Gasteiger partial charge in [-0.15, -0.1) is 0 Å². The molecule has 0 radical (unpaired) electrons. The van der Waals surface area contributed by atoms with Gasteiger partial charge in [-0.25, -0.2) is 5.84 Å². The molecule has 0 spiro atoms. The Balaban J connectivity index is 1.75. The van der Waals surface area contributed by atoms with Crippen LogP contribution in [0.25, 0.3) is 11.1 Å². The summed E-state index contributed by atoms with van der Waals surface area (Å²) in [5, 5.41) is 0. The zero-order chi connectivity index (χ0) is 17.1. The van der Waals surface area contributed by atoms with Crippen LogP contribution in [0.1, 0.15) is 24.2 Å². The molecule has 2 aromatic rings. The van der Waals surface area contributed by atoms with Gasteiger partial charge in [-0.3, -0.25) is 10.2 Å². The predicted octanol–water partition coefficient (Wildman–Crippen LogP) is 2.57. The fourth-order valence-electron chi connectivity index (χ4n) is 3.15. The molecule has 1 aliphatic heterocycles. The van der Waals surface area contributed by atoms with Crippen molar-refractivity contribution in [2.75, 3.05) is 18.0 Å². The van der Waals surface area contributed by atoms with Crippen molar-refractivity contribution in [2.24, 2.45) is 5.84 Å². The van der Waals surface area contributed by atoms with Gasteiger partial charge in [0.15, 0.2) is 0 Å². The number of carbonyl (C=O) groups excluding carboxylic acids is 1. The fourth-order valence-corrected chi connectivity index (χ4v) is 3.15. The highest BCUT2D eigenvalue weighted by atomic mass is 16.5. The minimum Gasteiger partial charge on any atom is -0.372 e. The van der Waals surface area contributed by atoms with Crippen LogP contribution in [0.2, 0.25) is 0 Å². The molecule has 5 nitrogen and oxygen atoms in total. The summed E-state index contributed by atoms with van der Waals surface area (Å²) in [5.74, 6) is 4.86. The molecule has 3 rings (SSSR count). The number of benzene rings is 2. The van der Waals surface area contributed by atoms with Crippen LogP contribution in [0, 0.1) is 0 Å². The van der Waals surface area contributed by atoms with Crippen molar-refractivity contribution >= 4 is 11.6 Å². The smallest absolute Gasteiger partial charge is 0.265 e. The number of hydrogen-bond donors (Lipinski definition) is 2. The molecule has 2 aromatic carbocycles. The minimum absolute atomic E-state index is 0.245. The van der Waals surface area contributed by atoms with Gasteiger partial charge in [-0.1, -0.05) is 24.3 Å². The van der Waals surface area contributed by atoms with Crippen LogP contribution in [0.3, 0.4) is 0 Å². The van der Waals surface area contributed by atoms with E-state index in [-0.39, 0.29) is 18.1 Å². The maximum absolute atomic E-state index is 11.5. The number of rotatable bonds is 3. The molecule has 0 bridgehead atoms. The van der Waals surface area contributed by atoms with E-state index in [1.165, 1.54) is 5.69 Å². The normalized spacial score (nSPS) is 20.7. The lowest BCUT2D eigenvalue weighted by Crippen LogP contribution is -2.45. The molecular formula is C19H23N3O2. The second kappa shape index (κ2) is 7.03. The minimum atomic E-state index is -0.285. The lowest BCUT2D eigenvalue weighted by atomic mass is 10.0. The maximum atomic E-state index is 11.5. The van der Waals surface area contributed by atoms with Crippen LogP contribution in [-0.4, -0.2) is 31.2 Å². The molecule has 126 valence electrons. The van der Waals surface area contributed by atoms with Gasteiger partial charge in [-0.2, -0.15) is 0 Å². The average Bonchev–Trinajstić information content (AvgIpc) is 2.60. The summed E-state index contributed by atoms with van der Waals surface area (Å²) in [7, 11) is 0. The van der Waals surface area contributed by atoms with Crippen LogP contribution < -0.4 is 16.2 Å². The third-order valence-corrected chi connectivity index (χ3v) is 4.26. The van der Waals surface area contributed by atoms with Crippen molar-refractivity contribution in [3.05, 3.63) is 54.1 Å². The molecule has 0 saturated carbocycles. The van der Waals surface area contributed by atoms with Gasteiger partial charge in [0.05, 0.1) is 12.2 Å². The monoisotopic (exact) mass is 325 g/mol. The molecule has 2 atom stereocenters. The third kappa shape index (κ3) is 3.58. The lowest BCUT2D eigenvalue weighted by molar-refractivity contribution is -0.00521. The number of morpholine rings is 1. The van der Waals surface area contributed by atoms with E-state index in [2.05, 4.69) is 48.4 Å². The summed E-state index contributed by atoms with van der Waals surface area (Å²) in [5.41, 5.74) is 6.08. The molecule has 1 heterocycles. The summed E-state index contributed by atoms with van der Waals surface area (Å²) in [4.78, 5) is 13.8. The number of anilines is 1. The van der Waals surface area contributed by atoms with Crippen LogP contribution in [0.4, 0.5) is 5.69 Å². The van der Waals surface area contributed by atoms with E-state index in [1.54, 1.807) is 12.1 Å². The number of amides is 1. The largest absolute Gasteiger partial charge is 0.372 e. The first-order valence-electron chi connectivity index (χ1n) is 8.18. The number of ether oxygens (including phenoxy) is 1. The number of carbonyl (C=O) groups is 1. The second-order valence-electron chi connectivity index (χ2n) is 6.26. The topological polar surface area (TPSA) is 67.6 Å². The van der Waals surface area contributed by atoms with Crippen molar-refractivity contribution < 1.29 is 9.53 Å². The standard InChI is InChI=1S/C19H23N3O2/c1-13-11-22(12-14(2)24-13)18-9-7-16(8-10-18)15-3-5-17(6-4-15)19(23)21-20/h3-10,13-14H,11-12,20H2,1-2H3,(H,21,23). The van der Waals surface area contributed by atoms with Crippen molar-refractivity contribution in [2.45, 2.75) is 26.1 Å². The SMILES string of the molecule is CC1CN(c2ccc(-c3ccc(C(=O)NN)cc3)cc2)CC(C)O1. The number of nitrogen functional groups attached to an aromatic ring is 1.